The lowest BCUT2D eigenvalue weighted by Gasteiger charge is -2.14. The molecule has 26 heavy (non-hydrogen) atoms. The normalized spacial score (nSPS) is 11.2. The zero-order valence-electron chi connectivity index (χ0n) is 14.8. The summed E-state index contributed by atoms with van der Waals surface area (Å²) in [6.07, 6.45) is 2.95. The summed E-state index contributed by atoms with van der Waals surface area (Å²) in [6.45, 7) is 4.54. The van der Waals surface area contributed by atoms with E-state index in [1.165, 1.54) is 0 Å². The second-order valence-corrected chi connectivity index (χ2v) is 7.98. The molecule has 0 aliphatic rings. The molecule has 3 rings (SSSR count). The molecule has 0 saturated carbocycles. The highest BCUT2D eigenvalue weighted by Crippen LogP contribution is 2.33. The van der Waals surface area contributed by atoms with E-state index in [4.69, 9.17) is 4.74 Å². The first-order valence-corrected chi connectivity index (χ1v) is 10.5. The molecule has 0 amide bonds. The van der Waals surface area contributed by atoms with Crippen LogP contribution in [0.2, 0.25) is 0 Å². The van der Waals surface area contributed by atoms with Gasteiger partial charge in [-0.25, -0.2) is 4.98 Å². The molecule has 0 fully saturated rings. The molecule has 0 aliphatic heterocycles. The van der Waals surface area contributed by atoms with Gasteiger partial charge in [0.2, 0.25) is 0 Å². The van der Waals surface area contributed by atoms with Crippen LogP contribution in [0.1, 0.15) is 31.2 Å². The predicted octanol–water partition coefficient (Wildman–Crippen LogP) is 5.60. The quantitative estimate of drug-likeness (QED) is 0.392. The molecule has 0 bridgehead atoms. The largest absolute Gasteiger partial charge is 0.492 e. The van der Waals surface area contributed by atoms with Crippen LogP contribution in [0.25, 0.3) is 11.0 Å². The molecule has 138 valence electrons. The number of halogens is 2. The van der Waals surface area contributed by atoms with Crippen molar-refractivity contribution in [3.05, 3.63) is 56.7 Å². The SMILES string of the molecule is CCCOc1c(Br)cc(Br)cc1CNCCCc1nc2ccccc2[nH]1. The lowest BCUT2D eigenvalue weighted by molar-refractivity contribution is 0.311. The van der Waals surface area contributed by atoms with E-state index in [9.17, 15) is 0 Å². The zero-order chi connectivity index (χ0) is 18.4. The van der Waals surface area contributed by atoms with Crippen molar-refractivity contribution in [3.8, 4) is 5.75 Å². The van der Waals surface area contributed by atoms with Gasteiger partial charge in [0.1, 0.15) is 11.6 Å². The van der Waals surface area contributed by atoms with Gasteiger partial charge in [-0.3, -0.25) is 0 Å². The first-order valence-electron chi connectivity index (χ1n) is 8.92. The van der Waals surface area contributed by atoms with Crippen LogP contribution >= 0.6 is 31.9 Å². The van der Waals surface area contributed by atoms with Gasteiger partial charge in [-0.05, 0) is 59.6 Å². The van der Waals surface area contributed by atoms with E-state index in [0.717, 1.165) is 76.1 Å². The van der Waals surface area contributed by atoms with Crippen LogP contribution in [0, 0.1) is 0 Å². The van der Waals surface area contributed by atoms with E-state index in [1.807, 2.05) is 24.3 Å². The third-order valence-electron chi connectivity index (χ3n) is 4.06. The summed E-state index contributed by atoms with van der Waals surface area (Å²) >= 11 is 7.16. The fraction of sp³-hybridized carbons (Fsp3) is 0.350. The first-order chi connectivity index (χ1) is 12.7. The molecule has 2 N–H and O–H groups in total. The van der Waals surface area contributed by atoms with Crippen LogP contribution in [0.15, 0.2) is 45.3 Å². The Kier molecular flexibility index (Phi) is 7.11. The van der Waals surface area contributed by atoms with Crippen LogP contribution < -0.4 is 10.1 Å². The van der Waals surface area contributed by atoms with E-state index in [0.29, 0.717) is 0 Å². The predicted molar refractivity (Wildman–Crippen MR) is 114 cm³/mol. The van der Waals surface area contributed by atoms with Gasteiger partial charge in [-0.1, -0.05) is 35.0 Å². The summed E-state index contributed by atoms with van der Waals surface area (Å²) < 4.78 is 7.94. The second-order valence-electron chi connectivity index (χ2n) is 6.21. The number of nitrogens with zero attached hydrogens (tertiary/aromatic N) is 1. The Labute approximate surface area is 171 Å². The lowest BCUT2D eigenvalue weighted by Crippen LogP contribution is -2.16. The number of benzene rings is 2. The Morgan fingerprint density at radius 3 is 2.85 bits per heavy atom. The first kappa shape index (κ1) is 19.4. The number of fused-ring (bicyclic) bond motifs is 1. The molecule has 1 heterocycles. The number of H-pyrrole nitrogens is 1. The summed E-state index contributed by atoms with van der Waals surface area (Å²) in [4.78, 5) is 8.00. The Bertz CT molecular complexity index is 830. The fourth-order valence-corrected chi connectivity index (χ4v) is 4.27. The molecular formula is C20H23Br2N3O. The maximum atomic E-state index is 5.91. The summed E-state index contributed by atoms with van der Waals surface area (Å²) in [5.74, 6) is 1.98. The molecule has 0 aliphatic carbocycles. The third-order valence-corrected chi connectivity index (χ3v) is 5.10. The molecule has 0 atom stereocenters. The number of aryl methyl sites for hydroxylation is 1. The van der Waals surface area contributed by atoms with Crippen molar-refractivity contribution in [3.63, 3.8) is 0 Å². The summed E-state index contributed by atoms with van der Waals surface area (Å²) in [7, 11) is 0. The van der Waals surface area contributed by atoms with E-state index < -0.39 is 0 Å². The van der Waals surface area contributed by atoms with Gasteiger partial charge in [0.15, 0.2) is 0 Å². The van der Waals surface area contributed by atoms with Gasteiger partial charge in [0.05, 0.1) is 22.1 Å². The van der Waals surface area contributed by atoms with Crippen molar-refractivity contribution in [1.29, 1.82) is 0 Å². The van der Waals surface area contributed by atoms with Crippen molar-refractivity contribution in [2.24, 2.45) is 0 Å². The van der Waals surface area contributed by atoms with Crippen molar-refractivity contribution in [2.75, 3.05) is 13.2 Å². The highest BCUT2D eigenvalue weighted by molar-refractivity contribution is 9.11. The highest BCUT2D eigenvalue weighted by atomic mass is 79.9. The number of hydrogen-bond donors (Lipinski definition) is 2. The monoisotopic (exact) mass is 479 g/mol. The average molecular weight is 481 g/mol. The smallest absolute Gasteiger partial charge is 0.138 e. The number of ether oxygens (including phenoxy) is 1. The van der Waals surface area contributed by atoms with Gasteiger partial charge in [0.25, 0.3) is 0 Å². The number of hydrogen-bond acceptors (Lipinski definition) is 3. The standard InChI is InChI=1S/C20H23Br2N3O/c1-2-10-26-20-14(11-15(21)12-16(20)22)13-23-9-5-8-19-24-17-6-3-4-7-18(17)25-19/h3-4,6-7,11-12,23H,2,5,8-10,13H2,1H3,(H,24,25). The molecule has 3 aromatic rings. The van der Waals surface area contributed by atoms with E-state index in [1.54, 1.807) is 0 Å². The lowest BCUT2D eigenvalue weighted by atomic mass is 10.2. The number of para-hydroxylation sites is 2. The molecule has 0 unspecified atom stereocenters. The second kappa shape index (κ2) is 9.53. The van der Waals surface area contributed by atoms with E-state index in [2.05, 4.69) is 66.2 Å². The number of rotatable bonds is 9. The maximum absolute atomic E-state index is 5.91. The molecule has 1 aromatic heterocycles. The average Bonchev–Trinajstić information content (AvgIpc) is 3.03. The molecule has 0 radical (unpaired) electrons. The molecular weight excluding hydrogens is 458 g/mol. The van der Waals surface area contributed by atoms with Gasteiger partial charge in [-0.2, -0.15) is 0 Å². The van der Waals surface area contributed by atoms with Crippen molar-refractivity contribution >= 4 is 42.9 Å². The number of imidazole rings is 1. The van der Waals surface area contributed by atoms with Crippen LogP contribution in [0.4, 0.5) is 0 Å². The van der Waals surface area contributed by atoms with Gasteiger partial charge in [-0.15, -0.1) is 0 Å². The molecule has 6 heteroatoms. The Hall–Kier alpha value is -1.37. The minimum atomic E-state index is 0.722. The topological polar surface area (TPSA) is 49.9 Å². The summed E-state index contributed by atoms with van der Waals surface area (Å²) in [5, 5.41) is 3.51. The summed E-state index contributed by atoms with van der Waals surface area (Å²) in [5.41, 5.74) is 3.29. The Balaban J connectivity index is 1.51. The minimum Gasteiger partial charge on any atom is -0.492 e. The van der Waals surface area contributed by atoms with Gasteiger partial charge >= 0.3 is 0 Å². The van der Waals surface area contributed by atoms with Crippen LogP contribution in [0.3, 0.4) is 0 Å². The number of aromatic amines is 1. The van der Waals surface area contributed by atoms with Crippen LogP contribution in [-0.4, -0.2) is 23.1 Å². The molecule has 2 aromatic carbocycles. The highest BCUT2D eigenvalue weighted by Gasteiger charge is 2.10. The minimum absolute atomic E-state index is 0.722. The Morgan fingerprint density at radius 1 is 1.19 bits per heavy atom. The number of aromatic nitrogens is 2. The maximum Gasteiger partial charge on any atom is 0.138 e. The van der Waals surface area contributed by atoms with Gasteiger partial charge < -0.3 is 15.0 Å². The fourth-order valence-electron chi connectivity index (χ4n) is 2.84. The molecule has 0 spiro atoms. The van der Waals surface area contributed by atoms with Crippen LogP contribution in [-0.2, 0) is 13.0 Å². The number of nitrogens with one attached hydrogen (secondary N) is 2. The zero-order valence-corrected chi connectivity index (χ0v) is 18.0. The Morgan fingerprint density at radius 2 is 2.04 bits per heavy atom. The van der Waals surface area contributed by atoms with E-state index in [-0.39, 0.29) is 0 Å². The molecule has 0 saturated heterocycles. The van der Waals surface area contributed by atoms with E-state index >= 15 is 0 Å². The third kappa shape index (κ3) is 5.09. The van der Waals surface area contributed by atoms with Crippen molar-refractivity contribution < 1.29 is 4.74 Å². The van der Waals surface area contributed by atoms with Gasteiger partial charge in [0, 0.05) is 23.0 Å². The van der Waals surface area contributed by atoms with Crippen molar-refractivity contribution in [1.82, 2.24) is 15.3 Å². The van der Waals surface area contributed by atoms with Crippen molar-refractivity contribution in [2.45, 2.75) is 32.7 Å². The summed E-state index contributed by atoms with van der Waals surface area (Å²) in [6, 6.07) is 12.3. The van der Waals surface area contributed by atoms with Crippen LogP contribution in [0.5, 0.6) is 5.75 Å². The molecule has 4 nitrogen and oxygen atoms in total.